The van der Waals surface area contributed by atoms with Gasteiger partial charge in [-0.1, -0.05) is 0 Å². The molecule has 0 spiro atoms. The summed E-state index contributed by atoms with van der Waals surface area (Å²) in [7, 11) is 0. The molecule has 2 aliphatic carbocycles. The van der Waals surface area contributed by atoms with Crippen molar-refractivity contribution < 1.29 is 4.74 Å². The van der Waals surface area contributed by atoms with Gasteiger partial charge in [0.1, 0.15) is 0 Å². The lowest BCUT2D eigenvalue weighted by Crippen LogP contribution is -2.41. The van der Waals surface area contributed by atoms with Crippen LogP contribution in [0.15, 0.2) is 30.6 Å². The summed E-state index contributed by atoms with van der Waals surface area (Å²) < 4.78 is 5.45. The number of anilines is 1. The third kappa shape index (κ3) is 4.04. The lowest BCUT2D eigenvalue weighted by molar-refractivity contribution is 0.122. The summed E-state index contributed by atoms with van der Waals surface area (Å²) in [6.07, 6.45) is 8.21. The van der Waals surface area contributed by atoms with Gasteiger partial charge in [-0.2, -0.15) is 0 Å². The minimum atomic E-state index is 0.359. The van der Waals surface area contributed by atoms with E-state index in [1.807, 2.05) is 18.5 Å². The van der Waals surface area contributed by atoms with Crippen LogP contribution in [0, 0.1) is 17.2 Å². The first-order valence-corrected chi connectivity index (χ1v) is 11.1. The van der Waals surface area contributed by atoms with E-state index in [-0.39, 0.29) is 0 Å². The van der Waals surface area contributed by atoms with Gasteiger partial charge in [0, 0.05) is 48.2 Å². The summed E-state index contributed by atoms with van der Waals surface area (Å²) in [5.74, 6) is 0.987. The number of hydrogen-bond acceptors (Lipinski definition) is 7. The zero-order chi connectivity index (χ0) is 20.5. The minimum absolute atomic E-state index is 0.359. The number of ether oxygens (including phenoxy) is 1. The van der Waals surface area contributed by atoms with Crippen molar-refractivity contribution in [2.45, 2.75) is 31.7 Å². The summed E-state index contributed by atoms with van der Waals surface area (Å²) in [6.45, 7) is 4.09. The van der Waals surface area contributed by atoms with Gasteiger partial charge in [0.05, 0.1) is 36.1 Å². The number of morpholine rings is 1. The molecule has 7 nitrogen and oxygen atoms in total. The standard InChI is InChI=1S/C23H30N6O/c24-12-15-9-17(10-15)26-13-19(23(25)16-1-2-16)22-14-27-21-11-18(3-4-20(21)28-22)29-5-7-30-8-6-29/h3-4,11,13-17,25-26H,1-2,5-10,12,24H2/b19-13-,25-23?. The molecule has 0 amide bonds. The van der Waals surface area contributed by atoms with Crippen molar-refractivity contribution in [3.05, 3.63) is 36.3 Å². The van der Waals surface area contributed by atoms with Gasteiger partial charge in [-0.3, -0.25) is 4.98 Å². The quantitative estimate of drug-likeness (QED) is 0.611. The number of aromatic nitrogens is 2. The Hall–Kier alpha value is -2.51. The fraction of sp³-hybridized carbons (Fsp3) is 0.522. The van der Waals surface area contributed by atoms with Crippen LogP contribution in [0.1, 0.15) is 31.4 Å². The molecular formula is C23H30N6O. The number of allylic oxidation sites excluding steroid dienone is 1. The highest BCUT2D eigenvalue weighted by Crippen LogP contribution is 2.35. The molecule has 1 aliphatic heterocycles. The van der Waals surface area contributed by atoms with Crippen LogP contribution in [0.2, 0.25) is 0 Å². The predicted molar refractivity (Wildman–Crippen MR) is 120 cm³/mol. The van der Waals surface area contributed by atoms with Crippen molar-refractivity contribution >= 4 is 28.0 Å². The second-order valence-corrected chi connectivity index (χ2v) is 8.71. The van der Waals surface area contributed by atoms with Crippen LogP contribution in [0.25, 0.3) is 16.6 Å². The van der Waals surface area contributed by atoms with Crippen molar-refractivity contribution in [3.63, 3.8) is 0 Å². The average molecular weight is 407 g/mol. The van der Waals surface area contributed by atoms with Crippen molar-refractivity contribution in [2.75, 3.05) is 37.7 Å². The Bertz CT molecular complexity index is 957. The molecule has 1 aromatic heterocycles. The lowest BCUT2D eigenvalue weighted by atomic mass is 9.80. The first-order chi connectivity index (χ1) is 14.7. The van der Waals surface area contributed by atoms with Crippen LogP contribution in [-0.2, 0) is 4.74 Å². The maximum absolute atomic E-state index is 8.66. The molecule has 30 heavy (non-hydrogen) atoms. The topological polar surface area (TPSA) is 100 Å². The van der Waals surface area contributed by atoms with Crippen LogP contribution in [-0.4, -0.2) is 54.6 Å². The van der Waals surface area contributed by atoms with E-state index in [2.05, 4.69) is 22.3 Å². The molecule has 3 aliphatic rings. The molecule has 2 aromatic rings. The Labute approximate surface area is 177 Å². The van der Waals surface area contributed by atoms with Gasteiger partial charge in [0.15, 0.2) is 0 Å². The Kier molecular flexibility index (Phi) is 5.39. The van der Waals surface area contributed by atoms with E-state index < -0.39 is 0 Å². The molecule has 4 N–H and O–H groups in total. The number of nitrogens with one attached hydrogen (secondary N) is 2. The largest absolute Gasteiger partial charge is 0.388 e. The van der Waals surface area contributed by atoms with Crippen molar-refractivity contribution in [1.29, 1.82) is 5.41 Å². The van der Waals surface area contributed by atoms with Gasteiger partial charge < -0.3 is 26.1 Å². The molecule has 158 valence electrons. The normalized spacial score (nSPS) is 24.6. The molecule has 5 rings (SSSR count). The maximum Gasteiger partial charge on any atom is 0.0925 e. The van der Waals surface area contributed by atoms with Crippen LogP contribution in [0.4, 0.5) is 5.69 Å². The molecule has 1 aromatic carbocycles. The molecule has 3 fully saturated rings. The Morgan fingerprint density at radius 3 is 2.77 bits per heavy atom. The SMILES string of the molecule is N=C(/C(=C\NC1CC(CN)C1)c1cnc2cc(N3CCOCC3)ccc2n1)C1CC1. The number of nitrogens with two attached hydrogens (primary N) is 1. The summed E-state index contributed by atoms with van der Waals surface area (Å²) in [5.41, 5.74) is 11.0. The molecule has 0 bridgehead atoms. The van der Waals surface area contributed by atoms with Gasteiger partial charge in [-0.15, -0.1) is 0 Å². The number of nitrogens with zero attached hydrogens (tertiary/aromatic N) is 3. The van der Waals surface area contributed by atoms with Gasteiger partial charge in [0.25, 0.3) is 0 Å². The molecule has 0 unspecified atom stereocenters. The molecule has 1 saturated heterocycles. The summed E-state index contributed by atoms with van der Waals surface area (Å²) >= 11 is 0. The van der Waals surface area contributed by atoms with Gasteiger partial charge in [-0.05, 0) is 56.3 Å². The molecule has 0 radical (unpaired) electrons. The summed E-state index contributed by atoms with van der Waals surface area (Å²) in [4.78, 5) is 11.9. The first kappa shape index (κ1) is 19.5. The third-order valence-corrected chi connectivity index (χ3v) is 6.49. The van der Waals surface area contributed by atoms with Crippen LogP contribution in [0.5, 0.6) is 0 Å². The van der Waals surface area contributed by atoms with Crippen LogP contribution >= 0.6 is 0 Å². The van der Waals surface area contributed by atoms with Crippen LogP contribution < -0.4 is 16.0 Å². The highest BCUT2D eigenvalue weighted by Gasteiger charge is 2.31. The zero-order valence-electron chi connectivity index (χ0n) is 17.3. The Morgan fingerprint density at radius 2 is 2.03 bits per heavy atom. The highest BCUT2D eigenvalue weighted by atomic mass is 16.5. The highest BCUT2D eigenvalue weighted by molar-refractivity contribution is 6.23. The second-order valence-electron chi connectivity index (χ2n) is 8.71. The lowest BCUT2D eigenvalue weighted by Gasteiger charge is -2.34. The first-order valence-electron chi connectivity index (χ1n) is 11.1. The maximum atomic E-state index is 8.66. The van der Waals surface area contributed by atoms with E-state index in [1.54, 1.807) is 0 Å². The van der Waals surface area contributed by atoms with Crippen molar-refractivity contribution in [3.8, 4) is 0 Å². The number of fused-ring (bicyclic) bond motifs is 1. The summed E-state index contributed by atoms with van der Waals surface area (Å²) in [6, 6.07) is 6.71. The van der Waals surface area contributed by atoms with Gasteiger partial charge in [-0.25, -0.2) is 4.98 Å². The average Bonchev–Trinajstić information content (AvgIpc) is 3.60. The van der Waals surface area contributed by atoms with E-state index >= 15 is 0 Å². The Morgan fingerprint density at radius 1 is 1.23 bits per heavy atom. The van der Waals surface area contributed by atoms with E-state index in [4.69, 9.17) is 25.8 Å². The second kappa shape index (κ2) is 8.32. The predicted octanol–water partition coefficient (Wildman–Crippen LogP) is 2.56. The van der Waals surface area contributed by atoms with E-state index in [0.717, 1.165) is 86.5 Å². The Balaban J connectivity index is 1.39. The molecule has 7 heteroatoms. The van der Waals surface area contributed by atoms with Gasteiger partial charge >= 0.3 is 0 Å². The molecule has 0 atom stereocenters. The number of rotatable bonds is 7. The fourth-order valence-corrected chi connectivity index (χ4v) is 4.29. The van der Waals surface area contributed by atoms with Gasteiger partial charge in [0.2, 0.25) is 0 Å². The molecule has 2 heterocycles. The monoisotopic (exact) mass is 406 g/mol. The fourth-order valence-electron chi connectivity index (χ4n) is 4.29. The van der Waals surface area contributed by atoms with E-state index in [1.165, 1.54) is 0 Å². The summed E-state index contributed by atoms with van der Waals surface area (Å²) in [5, 5.41) is 12.2. The third-order valence-electron chi connectivity index (χ3n) is 6.49. The van der Waals surface area contributed by atoms with E-state index in [9.17, 15) is 0 Å². The smallest absolute Gasteiger partial charge is 0.0925 e. The molecule has 2 saturated carbocycles. The number of benzene rings is 1. The van der Waals surface area contributed by atoms with Crippen LogP contribution in [0.3, 0.4) is 0 Å². The number of hydrogen-bond donors (Lipinski definition) is 3. The zero-order valence-corrected chi connectivity index (χ0v) is 17.3. The van der Waals surface area contributed by atoms with E-state index in [0.29, 0.717) is 23.6 Å². The minimum Gasteiger partial charge on any atom is -0.388 e. The molecular weight excluding hydrogens is 376 g/mol. The van der Waals surface area contributed by atoms with Crippen molar-refractivity contribution in [2.24, 2.45) is 17.6 Å². The van der Waals surface area contributed by atoms with Crippen molar-refractivity contribution in [1.82, 2.24) is 15.3 Å².